The van der Waals surface area contributed by atoms with E-state index in [-0.39, 0.29) is 35.0 Å². The number of fused-ring (bicyclic) bond motifs is 1. The topological polar surface area (TPSA) is 73.9 Å². The van der Waals surface area contributed by atoms with Gasteiger partial charge >= 0.3 is 0 Å². The van der Waals surface area contributed by atoms with Crippen LogP contribution in [0.5, 0.6) is 5.75 Å². The predicted octanol–water partition coefficient (Wildman–Crippen LogP) is 6.15. The van der Waals surface area contributed by atoms with Crippen molar-refractivity contribution in [1.82, 2.24) is 20.4 Å². The highest BCUT2D eigenvalue weighted by molar-refractivity contribution is 5.78. The lowest BCUT2D eigenvalue weighted by atomic mass is 9.78. The van der Waals surface area contributed by atoms with Crippen molar-refractivity contribution in [2.45, 2.75) is 130 Å². The third-order valence-corrected chi connectivity index (χ3v) is 9.14. The molecule has 1 saturated heterocycles. The summed E-state index contributed by atoms with van der Waals surface area (Å²) in [5, 5.41) is 6.86. The average molecular weight is 605 g/mol. The van der Waals surface area contributed by atoms with Crippen LogP contribution < -0.4 is 15.4 Å². The molecule has 4 rings (SSSR count). The summed E-state index contributed by atoms with van der Waals surface area (Å²) in [6.45, 7) is 18.4. The van der Waals surface area contributed by atoms with Crippen LogP contribution in [0.4, 0.5) is 0 Å². The zero-order valence-corrected chi connectivity index (χ0v) is 28.3. The molecule has 2 aromatic carbocycles. The zero-order chi connectivity index (χ0) is 31.9. The minimum Gasteiger partial charge on any atom is -0.493 e. The minimum atomic E-state index is -0.0555. The van der Waals surface area contributed by atoms with Gasteiger partial charge in [0.1, 0.15) is 5.75 Å². The van der Waals surface area contributed by atoms with E-state index in [1.54, 1.807) is 0 Å². The molecular weight excluding hydrogens is 548 g/mol. The van der Waals surface area contributed by atoms with Crippen LogP contribution in [0.15, 0.2) is 42.5 Å². The second-order valence-electron chi connectivity index (χ2n) is 14.6. The number of ether oxygens (including phenoxy) is 1. The first-order valence-electron chi connectivity index (χ1n) is 16.7. The van der Waals surface area contributed by atoms with Gasteiger partial charge in [-0.25, -0.2) is 0 Å². The summed E-state index contributed by atoms with van der Waals surface area (Å²) >= 11 is 0. The maximum Gasteiger partial charge on any atom is 0.234 e. The molecule has 0 radical (unpaired) electrons. The van der Waals surface area contributed by atoms with Crippen LogP contribution >= 0.6 is 0 Å². The molecule has 7 nitrogen and oxygen atoms in total. The summed E-state index contributed by atoms with van der Waals surface area (Å²) in [6, 6.07) is 15.2. The van der Waals surface area contributed by atoms with Crippen LogP contribution in [-0.4, -0.2) is 64.5 Å². The van der Waals surface area contributed by atoms with Gasteiger partial charge in [-0.05, 0) is 110 Å². The molecule has 242 valence electrons. The fraction of sp³-hybridized carbons (Fsp3) is 0.622. The monoisotopic (exact) mass is 604 g/mol. The van der Waals surface area contributed by atoms with Crippen molar-refractivity contribution in [2.75, 3.05) is 19.7 Å². The van der Waals surface area contributed by atoms with Crippen molar-refractivity contribution in [1.29, 1.82) is 0 Å². The van der Waals surface area contributed by atoms with Crippen molar-refractivity contribution in [3.05, 3.63) is 64.7 Å². The maximum atomic E-state index is 14.1. The van der Waals surface area contributed by atoms with Gasteiger partial charge in [-0.3, -0.25) is 14.5 Å². The van der Waals surface area contributed by atoms with E-state index in [0.29, 0.717) is 45.6 Å². The molecule has 2 aliphatic rings. The number of amides is 2. The molecule has 1 fully saturated rings. The van der Waals surface area contributed by atoms with Crippen molar-refractivity contribution < 1.29 is 14.3 Å². The lowest BCUT2D eigenvalue weighted by Gasteiger charge is -2.49. The molecule has 2 N–H and O–H groups in total. The van der Waals surface area contributed by atoms with E-state index >= 15 is 0 Å². The Morgan fingerprint density at radius 3 is 2.45 bits per heavy atom. The Morgan fingerprint density at radius 2 is 1.75 bits per heavy atom. The number of hydrogen-bond acceptors (Lipinski definition) is 5. The van der Waals surface area contributed by atoms with Gasteiger partial charge in [-0.15, -0.1) is 0 Å². The van der Waals surface area contributed by atoms with Crippen LogP contribution in [-0.2, 0) is 29.1 Å². The Balaban J connectivity index is 1.55. The summed E-state index contributed by atoms with van der Waals surface area (Å²) in [7, 11) is 0. The molecule has 44 heavy (non-hydrogen) atoms. The minimum absolute atomic E-state index is 0.0555. The zero-order valence-electron chi connectivity index (χ0n) is 28.3. The smallest absolute Gasteiger partial charge is 0.234 e. The van der Waals surface area contributed by atoms with Gasteiger partial charge in [-0.2, -0.15) is 0 Å². The van der Waals surface area contributed by atoms with Gasteiger partial charge < -0.3 is 20.3 Å². The number of nitrogens with zero attached hydrogens (tertiary/aromatic N) is 2. The molecule has 0 atom stereocenters. The van der Waals surface area contributed by atoms with Gasteiger partial charge in [0, 0.05) is 54.8 Å². The number of benzene rings is 2. The first-order chi connectivity index (χ1) is 20.8. The highest BCUT2D eigenvalue weighted by Crippen LogP contribution is 2.33. The van der Waals surface area contributed by atoms with Gasteiger partial charge in [0.05, 0.1) is 13.2 Å². The van der Waals surface area contributed by atoms with E-state index < -0.39 is 0 Å². The summed E-state index contributed by atoms with van der Waals surface area (Å²) in [5.41, 5.74) is 4.52. The molecular formula is C37H56N4O3. The Labute approximate surface area is 266 Å². The number of nitrogens with one attached hydrogen (secondary N) is 2. The number of carbonyl (C=O) groups excluding carboxylic acids is 2. The quantitative estimate of drug-likeness (QED) is 0.396. The SMILES string of the molecule is Cc1ccccc1CN(C(=O)CCc1ccc2c(c1)CN(C(C)C)CC(=O)NCCCCCO2)C1CC(C)(C)NC(C)(C)C1. The molecule has 2 amide bonds. The molecule has 7 heteroatoms. The van der Waals surface area contributed by atoms with Gasteiger partial charge in [0.25, 0.3) is 0 Å². The van der Waals surface area contributed by atoms with Crippen LogP contribution in [0.25, 0.3) is 0 Å². The summed E-state index contributed by atoms with van der Waals surface area (Å²) in [4.78, 5) is 31.1. The van der Waals surface area contributed by atoms with Gasteiger partial charge in [0.2, 0.25) is 11.8 Å². The molecule has 2 heterocycles. The number of piperidine rings is 1. The van der Waals surface area contributed by atoms with Gasteiger partial charge in [-0.1, -0.05) is 36.4 Å². The van der Waals surface area contributed by atoms with Crippen LogP contribution in [0.1, 0.15) is 102 Å². The first-order valence-corrected chi connectivity index (χ1v) is 16.7. The van der Waals surface area contributed by atoms with E-state index in [2.05, 4.69) is 111 Å². The molecule has 0 aliphatic carbocycles. The Morgan fingerprint density at radius 1 is 1.02 bits per heavy atom. The fourth-order valence-electron chi connectivity index (χ4n) is 7.02. The predicted molar refractivity (Wildman–Crippen MR) is 179 cm³/mol. The Hall–Kier alpha value is -2.90. The number of hydrogen-bond donors (Lipinski definition) is 2. The maximum absolute atomic E-state index is 14.1. The Kier molecular flexibility index (Phi) is 11.5. The average Bonchev–Trinajstić information content (AvgIpc) is 2.94. The number of rotatable bonds is 7. The van der Waals surface area contributed by atoms with Crippen molar-refractivity contribution >= 4 is 11.8 Å². The lowest BCUT2D eigenvalue weighted by molar-refractivity contribution is -0.136. The van der Waals surface area contributed by atoms with Crippen LogP contribution in [0, 0.1) is 6.92 Å². The molecule has 0 aromatic heterocycles. The standard InChI is InChI=1S/C37H56N4O3/c1-27(2)40-24-31-21-29(15-17-33(31)44-20-12-8-11-19-38-34(42)26-40)16-18-35(43)41(25-30-14-10-9-13-28(30)3)32-22-36(4,5)39-37(6,7)23-32/h9-10,13-15,17,21,27,32,39H,8,11-12,16,18-20,22-26H2,1-7H3,(H,38,42). The second kappa shape index (κ2) is 14.9. The Bertz CT molecular complexity index is 1260. The normalized spacial score (nSPS) is 20.0. The molecule has 2 aliphatic heterocycles. The molecule has 2 aromatic rings. The summed E-state index contributed by atoms with van der Waals surface area (Å²) in [6.07, 6.45) is 5.90. The molecule has 0 saturated carbocycles. The fourth-order valence-corrected chi connectivity index (χ4v) is 7.02. The van der Waals surface area contributed by atoms with E-state index in [1.165, 1.54) is 11.1 Å². The second-order valence-corrected chi connectivity index (χ2v) is 14.6. The summed E-state index contributed by atoms with van der Waals surface area (Å²) in [5.74, 6) is 1.15. The number of aryl methyl sites for hydroxylation is 2. The first kappa shape index (κ1) is 34.0. The van der Waals surface area contributed by atoms with Gasteiger partial charge in [0.15, 0.2) is 0 Å². The highest BCUT2D eigenvalue weighted by Gasteiger charge is 2.41. The van der Waals surface area contributed by atoms with Crippen molar-refractivity contribution in [2.24, 2.45) is 0 Å². The van der Waals surface area contributed by atoms with Crippen molar-refractivity contribution in [3.63, 3.8) is 0 Å². The summed E-state index contributed by atoms with van der Waals surface area (Å²) < 4.78 is 6.26. The number of carbonyl (C=O) groups is 2. The molecule has 0 unspecified atom stereocenters. The lowest BCUT2D eigenvalue weighted by Crippen LogP contribution is -2.62. The largest absolute Gasteiger partial charge is 0.493 e. The van der Waals surface area contributed by atoms with E-state index in [0.717, 1.165) is 49.0 Å². The van der Waals surface area contributed by atoms with E-state index in [1.807, 2.05) is 0 Å². The van der Waals surface area contributed by atoms with Crippen molar-refractivity contribution in [3.8, 4) is 5.75 Å². The third-order valence-electron chi connectivity index (χ3n) is 9.14. The highest BCUT2D eigenvalue weighted by atomic mass is 16.5. The third kappa shape index (κ3) is 9.80. The van der Waals surface area contributed by atoms with Crippen LogP contribution in [0.2, 0.25) is 0 Å². The molecule has 0 spiro atoms. The van der Waals surface area contributed by atoms with E-state index in [4.69, 9.17) is 4.74 Å². The molecule has 0 bridgehead atoms. The van der Waals surface area contributed by atoms with E-state index in [9.17, 15) is 9.59 Å². The van der Waals surface area contributed by atoms with Crippen LogP contribution in [0.3, 0.4) is 0 Å².